The van der Waals surface area contributed by atoms with E-state index < -0.39 is 0 Å². The Morgan fingerprint density at radius 3 is 3.18 bits per heavy atom. The van der Waals surface area contributed by atoms with E-state index in [4.69, 9.17) is 0 Å². The van der Waals surface area contributed by atoms with Crippen LogP contribution in [-0.4, -0.2) is 21.7 Å². The SMILES string of the molecule is C=CCNc1nnc(SCc2cccnc2)s1. The first-order valence-corrected chi connectivity index (χ1v) is 6.88. The molecule has 0 unspecified atom stereocenters. The number of nitrogens with one attached hydrogen (secondary N) is 1. The van der Waals surface area contributed by atoms with Crippen LogP contribution in [0.25, 0.3) is 0 Å². The molecule has 4 nitrogen and oxygen atoms in total. The van der Waals surface area contributed by atoms with E-state index in [1.807, 2.05) is 12.3 Å². The average molecular weight is 264 g/mol. The van der Waals surface area contributed by atoms with Gasteiger partial charge in [-0.2, -0.15) is 0 Å². The second kappa shape index (κ2) is 6.36. The van der Waals surface area contributed by atoms with Crippen LogP contribution >= 0.6 is 23.1 Å². The molecule has 0 radical (unpaired) electrons. The summed E-state index contributed by atoms with van der Waals surface area (Å²) in [7, 11) is 0. The second-order valence-corrected chi connectivity index (χ2v) is 5.39. The van der Waals surface area contributed by atoms with Crippen molar-refractivity contribution in [3.8, 4) is 0 Å². The van der Waals surface area contributed by atoms with Gasteiger partial charge < -0.3 is 5.32 Å². The third kappa shape index (κ3) is 3.83. The first kappa shape index (κ1) is 12.1. The lowest BCUT2D eigenvalue weighted by molar-refractivity contribution is 1.01. The summed E-state index contributed by atoms with van der Waals surface area (Å²) in [6.07, 6.45) is 5.44. The van der Waals surface area contributed by atoms with Crippen LogP contribution in [0.3, 0.4) is 0 Å². The van der Waals surface area contributed by atoms with Gasteiger partial charge in [0.05, 0.1) is 0 Å². The number of anilines is 1. The number of aromatic nitrogens is 3. The van der Waals surface area contributed by atoms with Gasteiger partial charge in [0.25, 0.3) is 0 Å². The largest absolute Gasteiger partial charge is 0.357 e. The van der Waals surface area contributed by atoms with Gasteiger partial charge >= 0.3 is 0 Å². The standard InChI is InChI=1S/C11H12N4S2/c1-2-5-13-10-14-15-11(17-10)16-8-9-4-3-6-12-7-9/h2-4,6-7H,1,5,8H2,(H,13,14). The van der Waals surface area contributed by atoms with E-state index in [2.05, 4.69) is 33.1 Å². The zero-order valence-electron chi connectivity index (χ0n) is 9.17. The maximum absolute atomic E-state index is 4.10. The van der Waals surface area contributed by atoms with Crippen molar-refractivity contribution in [2.24, 2.45) is 0 Å². The first-order chi connectivity index (χ1) is 8.38. The molecule has 0 fully saturated rings. The van der Waals surface area contributed by atoms with Gasteiger partial charge in [0.1, 0.15) is 0 Å². The topological polar surface area (TPSA) is 50.7 Å². The van der Waals surface area contributed by atoms with Crippen molar-refractivity contribution >= 4 is 28.2 Å². The minimum atomic E-state index is 0.710. The fourth-order valence-corrected chi connectivity index (χ4v) is 2.82. The van der Waals surface area contributed by atoms with Gasteiger partial charge in [-0.15, -0.1) is 16.8 Å². The Hall–Kier alpha value is -1.40. The van der Waals surface area contributed by atoms with Gasteiger partial charge in [-0.3, -0.25) is 4.98 Å². The zero-order chi connectivity index (χ0) is 11.9. The molecule has 0 spiro atoms. The fourth-order valence-electron chi connectivity index (χ4n) is 1.13. The first-order valence-electron chi connectivity index (χ1n) is 5.08. The van der Waals surface area contributed by atoms with Crippen molar-refractivity contribution in [3.05, 3.63) is 42.7 Å². The molecule has 1 N–H and O–H groups in total. The van der Waals surface area contributed by atoms with Crippen molar-refractivity contribution in [1.29, 1.82) is 0 Å². The molecule has 2 rings (SSSR count). The van der Waals surface area contributed by atoms with E-state index in [0.29, 0.717) is 6.54 Å². The molecule has 0 aliphatic rings. The van der Waals surface area contributed by atoms with Gasteiger partial charge in [-0.1, -0.05) is 35.2 Å². The number of thioether (sulfide) groups is 1. The molecule has 0 bridgehead atoms. The van der Waals surface area contributed by atoms with Crippen LogP contribution in [0, 0.1) is 0 Å². The Balaban J connectivity index is 1.87. The average Bonchev–Trinajstić information content (AvgIpc) is 2.83. The number of hydrogen-bond donors (Lipinski definition) is 1. The summed E-state index contributed by atoms with van der Waals surface area (Å²) in [4.78, 5) is 4.07. The Morgan fingerprint density at radius 2 is 2.41 bits per heavy atom. The normalized spacial score (nSPS) is 10.1. The molecular formula is C11H12N4S2. The van der Waals surface area contributed by atoms with Crippen LogP contribution in [0.1, 0.15) is 5.56 Å². The highest BCUT2D eigenvalue weighted by Gasteiger charge is 2.04. The molecular weight excluding hydrogens is 252 g/mol. The maximum Gasteiger partial charge on any atom is 0.206 e. The smallest absolute Gasteiger partial charge is 0.206 e. The second-order valence-electron chi connectivity index (χ2n) is 3.19. The van der Waals surface area contributed by atoms with E-state index in [9.17, 15) is 0 Å². The molecule has 0 aliphatic heterocycles. The van der Waals surface area contributed by atoms with Crippen molar-refractivity contribution in [2.75, 3.05) is 11.9 Å². The van der Waals surface area contributed by atoms with E-state index in [0.717, 1.165) is 15.2 Å². The Morgan fingerprint density at radius 1 is 1.47 bits per heavy atom. The predicted molar refractivity (Wildman–Crippen MR) is 72.4 cm³/mol. The lowest BCUT2D eigenvalue weighted by Gasteiger charge is -1.96. The van der Waals surface area contributed by atoms with Crippen LogP contribution in [0.2, 0.25) is 0 Å². The zero-order valence-corrected chi connectivity index (χ0v) is 10.8. The van der Waals surface area contributed by atoms with Crippen molar-refractivity contribution in [2.45, 2.75) is 10.1 Å². The minimum Gasteiger partial charge on any atom is -0.357 e. The number of hydrogen-bond acceptors (Lipinski definition) is 6. The lowest BCUT2D eigenvalue weighted by Crippen LogP contribution is -1.96. The van der Waals surface area contributed by atoms with Crippen LogP contribution in [0.15, 0.2) is 41.5 Å². The summed E-state index contributed by atoms with van der Waals surface area (Å²) in [5.74, 6) is 0.865. The summed E-state index contributed by atoms with van der Waals surface area (Å²) >= 11 is 3.22. The van der Waals surface area contributed by atoms with Crippen LogP contribution in [0.4, 0.5) is 5.13 Å². The van der Waals surface area contributed by atoms with Gasteiger partial charge in [-0.05, 0) is 11.6 Å². The maximum atomic E-state index is 4.10. The molecule has 88 valence electrons. The third-order valence-corrected chi connectivity index (χ3v) is 3.97. The monoisotopic (exact) mass is 264 g/mol. The quantitative estimate of drug-likeness (QED) is 0.642. The van der Waals surface area contributed by atoms with Crippen LogP contribution in [0.5, 0.6) is 0 Å². The summed E-state index contributed by atoms with van der Waals surface area (Å²) in [5.41, 5.74) is 1.19. The number of nitrogens with zero attached hydrogens (tertiary/aromatic N) is 3. The van der Waals surface area contributed by atoms with Crippen molar-refractivity contribution in [3.63, 3.8) is 0 Å². The fraction of sp³-hybridized carbons (Fsp3) is 0.182. The third-order valence-electron chi connectivity index (χ3n) is 1.89. The molecule has 0 aliphatic carbocycles. The van der Waals surface area contributed by atoms with E-state index >= 15 is 0 Å². The highest BCUT2D eigenvalue weighted by atomic mass is 32.2. The van der Waals surface area contributed by atoms with Crippen LogP contribution in [-0.2, 0) is 5.75 Å². The highest BCUT2D eigenvalue weighted by molar-refractivity contribution is 8.00. The number of rotatable bonds is 6. The molecule has 0 saturated heterocycles. The summed E-state index contributed by atoms with van der Waals surface area (Å²) in [6, 6.07) is 3.99. The molecule has 2 aromatic rings. The van der Waals surface area contributed by atoms with Gasteiger partial charge in [0, 0.05) is 24.7 Å². The Kier molecular flexibility index (Phi) is 4.52. The lowest BCUT2D eigenvalue weighted by atomic mass is 10.3. The highest BCUT2D eigenvalue weighted by Crippen LogP contribution is 2.27. The van der Waals surface area contributed by atoms with Gasteiger partial charge in [0.15, 0.2) is 4.34 Å². The molecule has 2 heterocycles. The van der Waals surface area contributed by atoms with Crippen LogP contribution < -0.4 is 5.32 Å². The molecule has 0 atom stereocenters. The number of pyridine rings is 1. The summed E-state index contributed by atoms with van der Waals surface area (Å²) in [6.45, 7) is 4.35. The predicted octanol–water partition coefficient (Wildman–Crippen LogP) is 2.82. The summed E-state index contributed by atoms with van der Waals surface area (Å²) < 4.78 is 0.959. The minimum absolute atomic E-state index is 0.710. The van der Waals surface area contributed by atoms with Crippen molar-refractivity contribution < 1.29 is 0 Å². The Labute approximate surface area is 108 Å². The molecule has 0 amide bonds. The molecule has 0 aromatic carbocycles. The van der Waals surface area contributed by atoms with E-state index in [1.165, 1.54) is 5.56 Å². The van der Waals surface area contributed by atoms with Crippen molar-refractivity contribution in [1.82, 2.24) is 15.2 Å². The van der Waals surface area contributed by atoms with Gasteiger partial charge in [-0.25, -0.2) is 0 Å². The molecule has 17 heavy (non-hydrogen) atoms. The molecule has 2 aromatic heterocycles. The van der Waals surface area contributed by atoms with E-state index in [1.54, 1.807) is 35.4 Å². The molecule has 6 heteroatoms. The summed E-state index contributed by atoms with van der Waals surface area (Å²) in [5, 5.41) is 12.1. The molecule has 0 saturated carbocycles. The van der Waals surface area contributed by atoms with E-state index in [-0.39, 0.29) is 0 Å². The Bertz CT molecular complexity index is 469. The van der Waals surface area contributed by atoms with Gasteiger partial charge in [0.2, 0.25) is 5.13 Å².